The summed E-state index contributed by atoms with van der Waals surface area (Å²) < 4.78 is 12.1. The molecule has 0 spiro atoms. The molecule has 12 heteroatoms. The highest BCUT2D eigenvalue weighted by Crippen LogP contribution is 2.51. The maximum Gasteiger partial charge on any atom is 0.320 e. The van der Waals surface area contributed by atoms with Crippen molar-refractivity contribution in [1.82, 2.24) is 4.98 Å². The lowest BCUT2D eigenvalue weighted by Gasteiger charge is -2.34. The van der Waals surface area contributed by atoms with Gasteiger partial charge in [-0.2, -0.15) is 14.9 Å². The number of halogens is 1. The zero-order chi connectivity index (χ0) is 21.0. The van der Waals surface area contributed by atoms with E-state index in [1.165, 1.54) is 11.8 Å². The van der Waals surface area contributed by atoms with Crippen molar-refractivity contribution in [2.75, 3.05) is 33.1 Å². The van der Waals surface area contributed by atoms with Crippen LogP contribution in [0.2, 0.25) is 0 Å². The number of ether oxygens (including phenoxy) is 1. The summed E-state index contributed by atoms with van der Waals surface area (Å²) in [5.74, 6) is 0.627. The van der Waals surface area contributed by atoms with Gasteiger partial charge >= 0.3 is 5.97 Å². The van der Waals surface area contributed by atoms with Gasteiger partial charge in [-0.05, 0) is 24.7 Å². The van der Waals surface area contributed by atoms with Crippen LogP contribution in [0.15, 0.2) is 15.4 Å². The minimum atomic E-state index is -1.55. The van der Waals surface area contributed by atoms with Crippen LogP contribution in [0.5, 0.6) is 0 Å². The Morgan fingerprint density at radius 2 is 2.41 bits per heavy atom. The predicted molar refractivity (Wildman–Crippen MR) is 120 cm³/mol. The Kier molecular flexibility index (Phi) is 7.67. The van der Waals surface area contributed by atoms with Crippen LogP contribution in [-0.4, -0.2) is 74.9 Å². The van der Waals surface area contributed by atoms with E-state index < -0.39 is 51.3 Å². The molecule has 0 bridgehead atoms. The predicted octanol–water partition coefficient (Wildman–Crippen LogP) is 1.41. The summed E-state index contributed by atoms with van der Waals surface area (Å²) >= 11 is 0.519. The van der Waals surface area contributed by atoms with Gasteiger partial charge in [-0.15, -0.1) is 0 Å². The van der Waals surface area contributed by atoms with Crippen molar-refractivity contribution in [3.05, 3.63) is 12.3 Å². The molecule has 3 rings (SSSR count). The van der Waals surface area contributed by atoms with Crippen LogP contribution in [0.25, 0.3) is 0 Å². The van der Waals surface area contributed by atoms with Gasteiger partial charge in [-0.3, -0.25) is 7.91 Å². The summed E-state index contributed by atoms with van der Waals surface area (Å²) in [4.78, 5) is 15.1. The number of aliphatic hydroxyl groups is 2. The molecule has 162 valence electrons. The fourth-order valence-electron chi connectivity index (χ4n) is 3.00. The molecule has 4 unspecified atom stereocenters. The smallest absolute Gasteiger partial charge is 0.320 e. The van der Waals surface area contributed by atoms with E-state index in [0.717, 1.165) is 24.3 Å². The number of hydrogen-bond acceptors (Lipinski definition) is 10. The number of fused-ring (bicyclic) bond motifs is 1. The number of pyridine rings is 1. The Balaban J connectivity index is 1.63. The highest BCUT2D eigenvalue weighted by atomic mass is 127. The highest BCUT2D eigenvalue weighted by molar-refractivity contribution is 14.2. The van der Waals surface area contributed by atoms with E-state index in [9.17, 15) is 15.0 Å². The lowest BCUT2D eigenvalue weighted by Crippen LogP contribution is -2.54. The molecule has 6 N–H and O–H groups in total. The molecule has 4 atom stereocenters. The first-order chi connectivity index (χ1) is 13.9. The minimum absolute atomic E-state index is 0.0250. The molecule has 1 fully saturated rings. The molecule has 1 aromatic rings. The molecule has 0 amide bonds. The van der Waals surface area contributed by atoms with Crippen LogP contribution >= 0.6 is 33.1 Å². The summed E-state index contributed by atoms with van der Waals surface area (Å²) in [5, 5.41) is 34.1. The Labute approximate surface area is 183 Å². The van der Waals surface area contributed by atoms with E-state index >= 15 is 0 Å². The number of carbonyl (C=O) groups is 1. The number of nitrogens with one attached hydrogen (secondary N) is 1. The molecule has 1 saturated heterocycles. The lowest BCUT2D eigenvalue weighted by atomic mass is 10.1. The summed E-state index contributed by atoms with van der Waals surface area (Å²) in [6.45, 7) is 2.82. The number of rotatable bonds is 10. The van der Waals surface area contributed by atoms with E-state index in [-0.39, 0.29) is 6.61 Å². The fourth-order valence-corrected chi connectivity index (χ4v) is 6.42. The Hall–Kier alpha value is -1.06. The molecule has 2 aliphatic heterocycles. The Morgan fingerprint density at radius 3 is 3.14 bits per heavy atom. The maximum atomic E-state index is 11.2. The number of carboxylic acid groups (broad SMARTS) is 1. The minimum Gasteiger partial charge on any atom is -0.480 e. The second-order valence-corrected chi connectivity index (χ2v) is 9.90. The molecule has 0 saturated carbocycles. The van der Waals surface area contributed by atoms with Crippen molar-refractivity contribution in [2.45, 2.75) is 43.7 Å². The van der Waals surface area contributed by atoms with Gasteiger partial charge in [0.1, 0.15) is 39.1 Å². The first-order valence-electron chi connectivity index (χ1n) is 9.35. The van der Waals surface area contributed by atoms with E-state index in [2.05, 4.69) is 20.4 Å². The number of anilines is 2. The van der Waals surface area contributed by atoms with E-state index in [1.807, 2.05) is 0 Å². The van der Waals surface area contributed by atoms with E-state index in [1.54, 1.807) is 15.4 Å². The first-order valence-corrected chi connectivity index (χ1v) is 12.4. The second-order valence-electron chi connectivity index (χ2n) is 6.88. The molecule has 2 aliphatic rings. The molecule has 0 radical (unpaired) electrons. The third-order valence-corrected chi connectivity index (χ3v) is 8.28. The average molecular weight is 539 g/mol. The van der Waals surface area contributed by atoms with Crippen molar-refractivity contribution in [2.24, 2.45) is 8.88 Å². The molecular weight excluding hydrogens is 513 g/mol. The zero-order valence-electron chi connectivity index (χ0n) is 16.0. The van der Waals surface area contributed by atoms with Gasteiger partial charge in [0.25, 0.3) is 0 Å². The van der Waals surface area contributed by atoms with Gasteiger partial charge in [0.05, 0.1) is 18.4 Å². The number of aliphatic hydroxyl groups excluding tert-OH is 1. The molecular formula is C17H26IN5O5S. The van der Waals surface area contributed by atoms with Crippen LogP contribution in [-0.2, 0) is 9.53 Å². The van der Waals surface area contributed by atoms with Crippen LogP contribution in [0, 0.1) is 0 Å². The Morgan fingerprint density at radius 1 is 1.62 bits per heavy atom. The van der Waals surface area contributed by atoms with Crippen molar-refractivity contribution < 1.29 is 24.9 Å². The fraction of sp³-hybridized carbons (Fsp3) is 0.647. The summed E-state index contributed by atoms with van der Waals surface area (Å²) in [6, 6.07) is 0.897. The highest BCUT2D eigenvalue weighted by Gasteiger charge is 2.53. The van der Waals surface area contributed by atoms with Gasteiger partial charge in [0, 0.05) is 18.5 Å². The average Bonchev–Trinajstić information content (AvgIpc) is 3.27. The number of aliphatic carboxylic acids is 1. The summed E-state index contributed by atoms with van der Waals surface area (Å²) in [7, 11) is 0. The first kappa shape index (κ1) is 22.6. The van der Waals surface area contributed by atoms with Gasteiger partial charge in [0.2, 0.25) is 0 Å². The monoisotopic (exact) mass is 539 g/mol. The van der Waals surface area contributed by atoms with Crippen LogP contribution < -0.4 is 14.2 Å². The third kappa shape index (κ3) is 4.82. The molecule has 3 heterocycles. The maximum absolute atomic E-state index is 11.2. The van der Waals surface area contributed by atoms with Gasteiger partial charge < -0.3 is 31.1 Å². The number of nitrogens with two attached hydrogens (primary N) is 1. The van der Waals surface area contributed by atoms with Crippen molar-refractivity contribution in [3.8, 4) is 0 Å². The van der Waals surface area contributed by atoms with E-state index in [4.69, 9.17) is 15.6 Å². The van der Waals surface area contributed by atoms with Crippen molar-refractivity contribution >= 4 is 56.2 Å². The lowest BCUT2D eigenvalue weighted by molar-refractivity contribution is -0.138. The van der Waals surface area contributed by atoms with Crippen LogP contribution in [0.4, 0.5) is 17.2 Å². The number of aromatic nitrogens is 1. The third-order valence-electron chi connectivity index (χ3n) is 4.70. The molecule has 1 aromatic heterocycles. The Bertz CT molecular complexity index is 772. The molecule has 29 heavy (non-hydrogen) atoms. The summed E-state index contributed by atoms with van der Waals surface area (Å²) in [6.07, 6.45) is 1.29. The number of hydrogen-bond donors (Lipinski definition) is 5. The molecule has 0 aliphatic carbocycles. The standard InChI is InChI=1S/C17H26IN5O5S/c1-2-5-20-15-13-11(3-6-21-15)23(18-22-13)17(27)9-28-12(14(17)24)8-29-7-4-10(19)16(25)26/h3,6,10,12,14,24,27H,2,4-5,7-9,19H2,1H3,(H,20,21)(H,25,26). The number of nitrogens with zero attached hydrogens (tertiary/aromatic N) is 3. The number of carboxylic acids is 1. The largest absolute Gasteiger partial charge is 0.480 e. The van der Waals surface area contributed by atoms with Crippen molar-refractivity contribution in [1.29, 1.82) is 0 Å². The summed E-state index contributed by atoms with van der Waals surface area (Å²) in [5.41, 5.74) is 5.41. The van der Waals surface area contributed by atoms with Crippen LogP contribution in [0.3, 0.4) is 0 Å². The van der Waals surface area contributed by atoms with Gasteiger partial charge in [0.15, 0.2) is 11.5 Å². The zero-order valence-corrected chi connectivity index (χ0v) is 19.0. The normalized spacial score (nSPS) is 26.8. The molecule has 0 aromatic carbocycles. The van der Waals surface area contributed by atoms with Gasteiger partial charge in [-0.1, -0.05) is 6.92 Å². The van der Waals surface area contributed by atoms with Crippen molar-refractivity contribution in [3.63, 3.8) is 0 Å². The van der Waals surface area contributed by atoms with Crippen LogP contribution in [0.1, 0.15) is 19.8 Å². The van der Waals surface area contributed by atoms with E-state index in [0.29, 0.717) is 23.7 Å². The topological polar surface area (TPSA) is 154 Å². The quantitative estimate of drug-likeness (QED) is 0.168. The SMILES string of the molecule is CCCNc1nccc2c1N=IN2C1(O)COC(CSCCC(N)C(=O)O)C1O. The molecule has 10 nitrogen and oxygen atoms in total. The number of thioether (sulfide) groups is 1. The van der Waals surface area contributed by atoms with Gasteiger partial charge in [-0.25, -0.2) is 4.98 Å². The second kappa shape index (κ2) is 9.83.